The van der Waals surface area contributed by atoms with Gasteiger partial charge in [0, 0.05) is 50.8 Å². The molecular formula is C20H25N9. The lowest BCUT2D eigenvalue weighted by Gasteiger charge is -2.36. The minimum Gasteiger partial charge on any atom is -0.357 e. The van der Waals surface area contributed by atoms with Crippen LogP contribution in [0, 0.1) is 0 Å². The Hall–Kier alpha value is -3.49. The first-order valence-corrected chi connectivity index (χ1v) is 9.84. The SMILES string of the molecule is CCNC(=NCc1nncn1-c1ccccc1)N1CCN(c2ncccn2)CC1. The molecule has 0 spiro atoms. The molecule has 4 rings (SSSR count). The van der Waals surface area contributed by atoms with Crippen molar-refractivity contribution in [2.75, 3.05) is 37.6 Å². The lowest BCUT2D eigenvalue weighted by molar-refractivity contribution is 0.370. The van der Waals surface area contributed by atoms with Gasteiger partial charge in [0.2, 0.25) is 5.95 Å². The van der Waals surface area contributed by atoms with E-state index in [-0.39, 0.29) is 0 Å². The van der Waals surface area contributed by atoms with E-state index in [0.29, 0.717) is 6.54 Å². The normalized spacial score (nSPS) is 14.9. The summed E-state index contributed by atoms with van der Waals surface area (Å²) in [4.78, 5) is 18.0. The number of hydrogen-bond donors (Lipinski definition) is 1. The fourth-order valence-corrected chi connectivity index (χ4v) is 3.32. The Morgan fingerprint density at radius 3 is 2.52 bits per heavy atom. The van der Waals surface area contributed by atoms with E-state index < -0.39 is 0 Å². The molecule has 2 aromatic heterocycles. The highest BCUT2D eigenvalue weighted by atomic mass is 15.4. The maximum Gasteiger partial charge on any atom is 0.225 e. The number of benzene rings is 1. The first-order chi connectivity index (χ1) is 14.3. The molecule has 9 heteroatoms. The molecule has 1 aliphatic rings. The predicted molar refractivity (Wildman–Crippen MR) is 112 cm³/mol. The summed E-state index contributed by atoms with van der Waals surface area (Å²) in [5.74, 6) is 2.48. The monoisotopic (exact) mass is 391 g/mol. The van der Waals surface area contributed by atoms with Crippen LogP contribution in [0.2, 0.25) is 0 Å². The van der Waals surface area contributed by atoms with Gasteiger partial charge in [-0.3, -0.25) is 4.57 Å². The summed E-state index contributed by atoms with van der Waals surface area (Å²) in [5.41, 5.74) is 1.03. The van der Waals surface area contributed by atoms with Gasteiger partial charge in [0.05, 0.1) is 0 Å². The summed E-state index contributed by atoms with van der Waals surface area (Å²) in [6.45, 7) is 6.77. The number of para-hydroxylation sites is 1. The number of guanidine groups is 1. The largest absolute Gasteiger partial charge is 0.357 e. The second kappa shape index (κ2) is 9.13. The molecule has 3 aromatic rings. The molecule has 1 aliphatic heterocycles. The molecule has 0 unspecified atom stereocenters. The van der Waals surface area contributed by atoms with Gasteiger partial charge in [-0.05, 0) is 25.1 Å². The van der Waals surface area contributed by atoms with E-state index in [0.717, 1.165) is 56.1 Å². The lowest BCUT2D eigenvalue weighted by Crippen LogP contribution is -2.53. The molecule has 3 heterocycles. The molecule has 1 N–H and O–H groups in total. The van der Waals surface area contributed by atoms with Crippen LogP contribution < -0.4 is 10.2 Å². The Labute approximate surface area is 170 Å². The molecule has 150 valence electrons. The van der Waals surface area contributed by atoms with Crippen LogP contribution in [0.25, 0.3) is 5.69 Å². The Balaban J connectivity index is 1.44. The van der Waals surface area contributed by atoms with Crippen LogP contribution >= 0.6 is 0 Å². The summed E-state index contributed by atoms with van der Waals surface area (Å²) >= 11 is 0. The average Bonchev–Trinajstić information content (AvgIpc) is 3.27. The molecule has 0 aliphatic carbocycles. The molecule has 9 nitrogen and oxygen atoms in total. The van der Waals surface area contributed by atoms with Gasteiger partial charge in [-0.15, -0.1) is 10.2 Å². The molecule has 0 bridgehead atoms. The maximum atomic E-state index is 4.82. The van der Waals surface area contributed by atoms with Gasteiger partial charge in [0.15, 0.2) is 11.8 Å². The molecule has 1 aromatic carbocycles. The third-order valence-corrected chi connectivity index (χ3v) is 4.77. The highest BCUT2D eigenvalue weighted by molar-refractivity contribution is 5.80. The van der Waals surface area contributed by atoms with E-state index in [4.69, 9.17) is 4.99 Å². The number of hydrogen-bond acceptors (Lipinski definition) is 6. The number of rotatable bonds is 5. The summed E-state index contributed by atoms with van der Waals surface area (Å²) < 4.78 is 1.97. The topological polar surface area (TPSA) is 87.4 Å². The van der Waals surface area contributed by atoms with Crippen molar-refractivity contribution >= 4 is 11.9 Å². The van der Waals surface area contributed by atoms with E-state index in [2.05, 4.69) is 42.2 Å². The Kier molecular flexibility index (Phi) is 5.94. The van der Waals surface area contributed by atoms with Gasteiger partial charge in [0.1, 0.15) is 12.9 Å². The Morgan fingerprint density at radius 1 is 1.03 bits per heavy atom. The van der Waals surface area contributed by atoms with Crippen LogP contribution in [0.5, 0.6) is 0 Å². The van der Waals surface area contributed by atoms with Gasteiger partial charge in [0.25, 0.3) is 0 Å². The zero-order valence-corrected chi connectivity index (χ0v) is 16.5. The van der Waals surface area contributed by atoms with E-state index in [9.17, 15) is 0 Å². The quantitative estimate of drug-likeness (QED) is 0.519. The van der Waals surface area contributed by atoms with Crippen molar-refractivity contribution in [1.29, 1.82) is 0 Å². The molecule has 29 heavy (non-hydrogen) atoms. The third kappa shape index (κ3) is 4.50. The van der Waals surface area contributed by atoms with Crippen molar-refractivity contribution in [3.63, 3.8) is 0 Å². The molecule has 0 radical (unpaired) electrons. The second-order valence-electron chi connectivity index (χ2n) is 6.65. The van der Waals surface area contributed by atoms with Crippen LogP contribution in [-0.4, -0.2) is 68.3 Å². The van der Waals surface area contributed by atoms with E-state index in [1.807, 2.05) is 41.0 Å². The van der Waals surface area contributed by atoms with Gasteiger partial charge >= 0.3 is 0 Å². The van der Waals surface area contributed by atoms with Crippen LogP contribution in [0.15, 0.2) is 60.1 Å². The first-order valence-electron chi connectivity index (χ1n) is 9.84. The van der Waals surface area contributed by atoms with Crippen LogP contribution in [0.3, 0.4) is 0 Å². The molecular weight excluding hydrogens is 366 g/mol. The standard InChI is InChI=1S/C20H25N9/c1-2-21-19(27-11-13-28(14-12-27)20-22-9-6-10-23-20)24-15-18-26-25-16-29(18)17-7-4-3-5-8-17/h3-10,16H,2,11-15H2,1H3,(H,21,24). The van der Waals surface area contributed by atoms with Gasteiger partial charge in [-0.2, -0.15) is 0 Å². The third-order valence-electron chi connectivity index (χ3n) is 4.77. The number of aliphatic imine (C=N–C) groups is 1. The van der Waals surface area contributed by atoms with Gasteiger partial charge < -0.3 is 15.1 Å². The van der Waals surface area contributed by atoms with Gasteiger partial charge in [-0.25, -0.2) is 15.0 Å². The van der Waals surface area contributed by atoms with Crippen LogP contribution in [0.1, 0.15) is 12.7 Å². The van der Waals surface area contributed by atoms with E-state index >= 15 is 0 Å². The van der Waals surface area contributed by atoms with Crippen molar-refractivity contribution in [3.05, 3.63) is 60.9 Å². The number of anilines is 1. The van der Waals surface area contributed by atoms with Crippen molar-refractivity contribution in [2.45, 2.75) is 13.5 Å². The number of nitrogens with zero attached hydrogens (tertiary/aromatic N) is 8. The van der Waals surface area contributed by atoms with Crippen molar-refractivity contribution in [1.82, 2.24) is 34.9 Å². The fourth-order valence-electron chi connectivity index (χ4n) is 3.32. The molecule has 0 amide bonds. The maximum absolute atomic E-state index is 4.82. The van der Waals surface area contributed by atoms with Gasteiger partial charge in [-0.1, -0.05) is 18.2 Å². The molecule has 0 atom stereocenters. The summed E-state index contributed by atoms with van der Waals surface area (Å²) in [7, 11) is 0. The average molecular weight is 391 g/mol. The number of piperazine rings is 1. The molecule has 1 saturated heterocycles. The lowest BCUT2D eigenvalue weighted by atomic mass is 10.3. The van der Waals surface area contributed by atoms with E-state index in [1.165, 1.54) is 0 Å². The van der Waals surface area contributed by atoms with Crippen molar-refractivity contribution in [3.8, 4) is 5.69 Å². The smallest absolute Gasteiger partial charge is 0.225 e. The summed E-state index contributed by atoms with van der Waals surface area (Å²) in [5, 5.41) is 11.7. The summed E-state index contributed by atoms with van der Waals surface area (Å²) in [6.07, 6.45) is 5.29. The van der Waals surface area contributed by atoms with Crippen molar-refractivity contribution < 1.29 is 0 Å². The first kappa shape index (κ1) is 18.9. The predicted octanol–water partition coefficient (Wildman–Crippen LogP) is 1.34. The highest BCUT2D eigenvalue weighted by Gasteiger charge is 2.21. The second-order valence-corrected chi connectivity index (χ2v) is 6.65. The zero-order valence-electron chi connectivity index (χ0n) is 16.5. The number of aromatic nitrogens is 5. The fraction of sp³-hybridized carbons (Fsp3) is 0.350. The summed E-state index contributed by atoms with van der Waals surface area (Å²) in [6, 6.07) is 11.9. The highest BCUT2D eigenvalue weighted by Crippen LogP contribution is 2.12. The Morgan fingerprint density at radius 2 is 1.79 bits per heavy atom. The van der Waals surface area contributed by atoms with Crippen LogP contribution in [-0.2, 0) is 6.54 Å². The zero-order chi connectivity index (χ0) is 19.9. The minimum absolute atomic E-state index is 0.458. The van der Waals surface area contributed by atoms with Crippen molar-refractivity contribution in [2.24, 2.45) is 4.99 Å². The minimum atomic E-state index is 0.458. The number of nitrogens with one attached hydrogen (secondary N) is 1. The molecule has 1 fully saturated rings. The molecule has 0 saturated carbocycles. The Bertz CT molecular complexity index is 915. The van der Waals surface area contributed by atoms with E-state index in [1.54, 1.807) is 18.7 Å². The van der Waals surface area contributed by atoms with Crippen LogP contribution in [0.4, 0.5) is 5.95 Å².